The third kappa shape index (κ3) is 3.77. The van der Waals surface area contributed by atoms with Gasteiger partial charge in [0.05, 0.1) is 16.2 Å². The predicted octanol–water partition coefficient (Wildman–Crippen LogP) is 3.70. The molecule has 0 saturated carbocycles. The molecule has 2 rings (SSSR count). The van der Waals surface area contributed by atoms with Crippen molar-refractivity contribution in [1.29, 1.82) is 0 Å². The average molecular weight is 447 g/mol. The van der Waals surface area contributed by atoms with Crippen LogP contribution in [0.5, 0.6) is 0 Å². The van der Waals surface area contributed by atoms with E-state index in [0.717, 1.165) is 6.07 Å². The van der Waals surface area contributed by atoms with Crippen LogP contribution in [-0.4, -0.2) is 21.9 Å². The number of amides is 1. The van der Waals surface area contributed by atoms with E-state index in [1.54, 1.807) is 6.07 Å². The Morgan fingerprint density at radius 1 is 1.22 bits per heavy atom. The van der Waals surface area contributed by atoms with Gasteiger partial charge in [0, 0.05) is 33.0 Å². The average Bonchev–Trinajstić information content (AvgIpc) is 2.53. The first kappa shape index (κ1) is 17.2. The number of anilines is 1. The highest BCUT2D eigenvalue weighted by Crippen LogP contribution is 2.27. The third-order valence-electron chi connectivity index (χ3n) is 2.88. The summed E-state index contributed by atoms with van der Waals surface area (Å²) < 4.78 is 1.30. The van der Waals surface area contributed by atoms with Crippen LogP contribution in [0.4, 0.5) is 11.4 Å². The number of nitro benzene ring substituents is 1. The lowest BCUT2D eigenvalue weighted by Gasteiger charge is -2.16. The highest BCUT2D eigenvalue weighted by atomic mass is 127. The quantitative estimate of drug-likeness (QED) is 0.334. The van der Waals surface area contributed by atoms with Crippen LogP contribution in [0.2, 0.25) is 0 Å². The van der Waals surface area contributed by atoms with Crippen molar-refractivity contribution in [1.82, 2.24) is 0 Å². The van der Waals surface area contributed by atoms with Gasteiger partial charge < -0.3 is 5.11 Å². The molecule has 0 atom stereocenters. The molecule has 0 fully saturated rings. The molecule has 2 aromatic rings. The van der Waals surface area contributed by atoms with Crippen molar-refractivity contribution >= 4 is 57.6 Å². The monoisotopic (exact) mass is 446 g/mol. The molecule has 0 aliphatic carbocycles. The molecule has 0 aliphatic rings. The number of nitrogens with zero attached hydrogens (tertiary/aromatic N) is 2. The predicted molar refractivity (Wildman–Crippen MR) is 91.9 cm³/mol. The lowest BCUT2D eigenvalue weighted by Crippen LogP contribution is -2.23. The van der Waals surface area contributed by atoms with Crippen LogP contribution >= 0.6 is 34.4 Å². The molecule has 7 nitrogen and oxygen atoms in total. The van der Waals surface area contributed by atoms with Gasteiger partial charge >= 0.3 is 5.97 Å². The highest BCUT2D eigenvalue weighted by Gasteiger charge is 2.23. The number of carbonyl (C=O) groups is 2. The van der Waals surface area contributed by atoms with Gasteiger partial charge in [0.25, 0.3) is 11.6 Å². The summed E-state index contributed by atoms with van der Waals surface area (Å²) in [6.45, 7) is 0. The number of aromatic carboxylic acids is 1. The molecule has 1 amide bonds. The fourth-order valence-electron chi connectivity index (χ4n) is 1.83. The maximum Gasteiger partial charge on any atom is 0.337 e. The number of halogens is 2. The number of hydrogen-bond acceptors (Lipinski definition) is 4. The molecular weight excluding hydrogens is 439 g/mol. The lowest BCUT2D eigenvalue weighted by molar-refractivity contribution is -0.384. The fraction of sp³-hybridized carbons (Fsp3) is 0. The van der Waals surface area contributed by atoms with Crippen molar-refractivity contribution in [2.45, 2.75) is 0 Å². The van der Waals surface area contributed by atoms with Crippen molar-refractivity contribution < 1.29 is 19.6 Å². The second-order valence-corrected chi connectivity index (χ2v) is 5.94. The number of benzene rings is 2. The van der Waals surface area contributed by atoms with E-state index < -0.39 is 16.8 Å². The van der Waals surface area contributed by atoms with Gasteiger partial charge in [0.1, 0.15) is 0 Å². The van der Waals surface area contributed by atoms with Crippen LogP contribution in [0.3, 0.4) is 0 Å². The van der Waals surface area contributed by atoms with Crippen LogP contribution in [0.15, 0.2) is 42.5 Å². The van der Waals surface area contributed by atoms with Crippen molar-refractivity contribution in [2.75, 3.05) is 4.42 Å². The van der Waals surface area contributed by atoms with Crippen LogP contribution in [0.1, 0.15) is 20.7 Å². The second-order valence-electron chi connectivity index (χ2n) is 4.36. The van der Waals surface area contributed by atoms with Crippen molar-refractivity contribution in [3.8, 4) is 0 Å². The number of carbonyl (C=O) groups excluding carboxylic acids is 1. The highest BCUT2D eigenvalue weighted by molar-refractivity contribution is 14.1. The number of carboxylic acids is 1. The summed E-state index contributed by atoms with van der Waals surface area (Å²) in [6, 6.07) is 9.38. The molecule has 118 valence electrons. The van der Waals surface area contributed by atoms with E-state index in [2.05, 4.69) is 0 Å². The molecule has 0 radical (unpaired) electrons. The minimum atomic E-state index is -1.24. The van der Waals surface area contributed by atoms with Gasteiger partial charge in [-0.15, -0.1) is 0 Å². The van der Waals surface area contributed by atoms with Gasteiger partial charge in [-0.3, -0.25) is 14.9 Å². The van der Waals surface area contributed by atoms with Crippen molar-refractivity contribution in [3.63, 3.8) is 0 Å². The SMILES string of the molecule is O=C(O)c1cc(I)ccc1N(Cl)C(=O)c1cccc([N+](=O)[O-])c1. The largest absolute Gasteiger partial charge is 0.478 e. The Labute approximate surface area is 148 Å². The number of carboxylic acid groups (broad SMARTS) is 1. The van der Waals surface area contributed by atoms with E-state index in [-0.39, 0.29) is 22.5 Å². The first-order valence-electron chi connectivity index (χ1n) is 6.09. The Hall–Kier alpha value is -2.20. The van der Waals surface area contributed by atoms with E-state index in [1.807, 2.05) is 22.6 Å². The van der Waals surface area contributed by atoms with Crippen LogP contribution in [-0.2, 0) is 0 Å². The Morgan fingerprint density at radius 2 is 1.91 bits per heavy atom. The number of non-ortho nitro benzene ring substituents is 1. The van der Waals surface area contributed by atoms with Crippen LogP contribution < -0.4 is 4.42 Å². The van der Waals surface area contributed by atoms with Gasteiger partial charge in [-0.1, -0.05) is 6.07 Å². The molecular formula is C14H8ClIN2O5. The zero-order chi connectivity index (χ0) is 17.1. The minimum absolute atomic E-state index is 0.0175. The molecule has 9 heteroatoms. The van der Waals surface area contributed by atoms with Crippen molar-refractivity contribution in [3.05, 3.63) is 67.3 Å². The smallest absolute Gasteiger partial charge is 0.337 e. The first-order valence-corrected chi connectivity index (χ1v) is 7.50. The molecule has 1 N–H and O–H groups in total. The van der Waals surface area contributed by atoms with Gasteiger partial charge in [-0.25, -0.2) is 9.21 Å². The minimum Gasteiger partial charge on any atom is -0.478 e. The van der Waals surface area contributed by atoms with Crippen LogP contribution in [0, 0.1) is 13.7 Å². The van der Waals surface area contributed by atoms with Gasteiger partial charge in [0.15, 0.2) is 0 Å². The Morgan fingerprint density at radius 3 is 2.52 bits per heavy atom. The molecule has 0 aliphatic heterocycles. The molecule has 0 spiro atoms. The van der Waals surface area contributed by atoms with E-state index in [1.165, 1.54) is 30.3 Å². The Bertz CT molecular complexity index is 812. The molecule has 0 saturated heterocycles. The molecule has 0 heterocycles. The molecule has 2 aromatic carbocycles. The maximum absolute atomic E-state index is 12.4. The zero-order valence-corrected chi connectivity index (χ0v) is 14.2. The Balaban J connectivity index is 2.43. The van der Waals surface area contributed by atoms with Gasteiger partial charge in [-0.2, -0.15) is 0 Å². The normalized spacial score (nSPS) is 10.2. The van der Waals surface area contributed by atoms with Gasteiger partial charge in [-0.05, 0) is 46.9 Å². The summed E-state index contributed by atoms with van der Waals surface area (Å²) in [6.07, 6.45) is 0. The van der Waals surface area contributed by atoms with E-state index in [4.69, 9.17) is 11.8 Å². The van der Waals surface area contributed by atoms with E-state index >= 15 is 0 Å². The lowest BCUT2D eigenvalue weighted by atomic mass is 10.1. The summed E-state index contributed by atoms with van der Waals surface area (Å²) in [5, 5.41) is 20.0. The third-order valence-corrected chi connectivity index (χ3v) is 3.89. The summed E-state index contributed by atoms with van der Waals surface area (Å²) in [7, 11) is 0. The second kappa shape index (κ2) is 6.92. The Kier molecular flexibility index (Phi) is 5.16. The zero-order valence-electron chi connectivity index (χ0n) is 11.3. The number of hydrogen-bond donors (Lipinski definition) is 1. The van der Waals surface area contributed by atoms with Crippen molar-refractivity contribution in [2.24, 2.45) is 0 Å². The van der Waals surface area contributed by atoms with E-state index in [9.17, 15) is 24.8 Å². The summed E-state index contributed by atoms with van der Waals surface area (Å²) in [5.41, 5.74) is -0.451. The summed E-state index contributed by atoms with van der Waals surface area (Å²) in [5.74, 6) is -2.00. The summed E-state index contributed by atoms with van der Waals surface area (Å²) >= 11 is 7.91. The molecule has 0 aromatic heterocycles. The molecule has 0 bridgehead atoms. The topological polar surface area (TPSA) is 101 Å². The van der Waals surface area contributed by atoms with Crippen LogP contribution in [0.25, 0.3) is 0 Å². The first-order chi connectivity index (χ1) is 10.8. The van der Waals surface area contributed by atoms with E-state index in [0.29, 0.717) is 7.99 Å². The maximum atomic E-state index is 12.4. The summed E-state index contributed by atoms with van der Waals surface area (Å²) in [4.78, 5) is 33.8. The number of rotatable bonds is 4. The standard InChI is InChI=1S/C14H8ClIN2O5/c15-17(12-5-4-9(16)7-11(12)14(20)21)13(19)8-2-1-3-10(6-8)18(22)23/h1-7H,(H,20,21). The molecule has 0 unspecified atom stereocenters. The molecule has 23 heavy (non-hydrogen) atoms. The number of nitro groups is 1. The fourth-order valence-corrected chi connectivity index (χ4v) is 2.56. The van der Waals surface area contributed by atoms with Gasteiger partial charge in [0.2, 0.25) is 0 Å².